The molecule has 0 amide bonds. The number of aryl methyl sites for hydroxylation is 1. The number of aromatic nitrogens is 3. The number of imidazole rings is 1. The summed E-state index contributed by atoms with van der Waals surface area (Å²) in [7, 11) is 0. The molecule has 3 aromatic rings. The first-order valence-electron chi connectivity index (χ1n) is 5.76. The van der Waals surface area contributed by atoms with Gasteiger partial charge in [-0.2, -0.15) is 0 Å². The fourth-order valence-corrected chi connectivity index (χ4v) is 2.73. The van der Waals surface area contributed by atoms with E-state index in [2.05, 4.69) is 39.0 Å². The summed E-state index contributed by atoms with van der Waals surface area (Å²) in [5, 5.41) is 3.27. The monoisotopic (exact) mass is 243 g/mol. The normalized spacial score (nSPS) is 11.1. The van der Waals surface area contributed by atoms with Crippen LogP contribution in [0, 0.1) is 0 Å². The minimum absolute atomic E-state index is 0.957. The Morgan fingerprint density at radius 2 is 2.24 bits per heavy atom. The molecule has 4 heteroatoms. The summed E-state index contributed by atoms with van der Waals surface area (Å²) < 4.78 is 2.17. The average molecular weight is 243 g/mol. The second-order valence-electron chi connectivity index (χ2n) is 3.91. The van der Waals surface area contributed by atoms with Crippen molar-refractivity contribution in [2.45, 2.75) is 19.8 Å². The van der Waals surface area contributed by atoms with Crippen LogP contribution >= 0.6 is 11.3 Å². The van der Waals surface area contributed by atoms with E-state index in [1.54, 1.807) is 11.3 Å². The second-order valence-corrected chi connectivity index (χ2v) is 4.84. The van der Waals surface area contributed by atoms with Crippen LogP contribution in [-0.2, 0) is 6.42 Å². The van der Waals surface area contributed by atoms with Crippen LogP contribution in [-0.4, -0.2) is 14.5 Å². The summed E-state index contributed by atoms with van der Waals surface area (Å²) in [4.78, 5) is 9.11. The lowest BCUT2D eigenvalue weighted by atomic mass is 10.3. The maximum atomic E-state index is 4.67. The molecule has 0 aliphatic heterocycles. The third-order valence-corrected chi connectivity index (χ3v) is 3.54. The molecule has 3 nitrogen and oxygen atoms in total. The summed E-state index contributed by atoms with van der Waals surface area (Å²) in [5.41, 5.74) is 1.93. The number of hydrogen-bond acceptors (Lipinski definition) is 3. The van der Waals surface area contributed by atoms with Crippen molar-refractivity contribution in [2.24, 2.45) is 0 Å². The van der Waals surface area contributed by atoms with E-state index in [1.165, 1.54) is 5.00 Å². The van der Waals surface area contributed by atoms with Gasteiger partial charge in [-0.1, -0.05) is 6.92 Å². The van der Waals surface area contributed by atoms with E-state index in [-0.39, 0.29) is 0 Å². The van der Waals surface area contributed by atoms with E-state index in [0.717, 1.165) is 29.8 Å². The van der Waals surface area contributed by atoms with Gasteiger partial charge in [0, 0.05) is 12.6 Å². The van der Waals surface area contributed by atoms with Gasteiger partial charge in [-0.15, -0.1) is 11.3 Å². The lowest BCUT2D eigenvalue weighted by Crippen LogP contribution is -1.99. The highest BCUT2D eigenvalue weighted by atomic mass is 32.1. The van der Waals surface area contributed by atoms with Crippen molar-refractivity contribution in [1.82, 2.24) is 14.5 Å². The van der Waals surface area contributed by atoms with Crippen LogP contribution in [0.15, 0.2) is 35.8 Å². The molecular formula is C13H13N3S. The molecular weight excluding hydrogens is 230 g/mol. The first-order valence-corrected chi connectivity index (χ1v) is 6.64. The SMILES string of the molecule is CCCc1nc2cccnc2n1-c1cccs1. The van der Waals surface area contributed by atoms with Gasteiger partial charge in [0.1, 0.15) is 16.3 Å². The topological polar surface area (TPSA) is 30.7 Å². The highest BCUT2D eigenvalue weighted by Crippen LogP contribution is 2.23. The third kappa shape index (κ3) is 1.74. The van der Waals surface area contributed by atoms with E-state index in [4.69, 9.17) is 0 Å². The summed E-state index contributed by atoms with van der Waals surface area (Å²) in [6.45, 7) is 2.17. The van der Waals surface area contributed by atoms with E-state index in [0.29, 0.717) is 0 Å². The van der Waals surface area contributed by atoms with Gasteiger partial charge in [0.25, 0.3) is 0 Å². The molecule has 0 bridgehead atoms. The Hall–Kier alpha value is -1.68. The van der Waals surface area contributed by atoms with Gasteiger partial charge >= 0.3 is 0 Å². The first-order chi connectivity index (χ1) is 8.40. The van der Waals surface area contributed by atoms with Gasteiger partial charge in [0.05, 0.1) is 0 Å². The molecule has 0 aromatic carbocycles. The van der Waals surface area contributed by atoms with Gasteiger partial charge in [-0.25, -0.2) is 9.97 Å². The van der Waals surface area contributed by atoms with E-state index in [1.807, 2.05) is 18.3 Å². The Kier molecular flexibility index (Phi) is 2.65. The summed E-state index contributed by atoms with van der Waals surface area (Å²) >= 11 is 1.72. The Morgan fingerprint density at radius 3 is 3.00 bits per heavy atom. The summed E-state index contributed by atoms with van der Waals surface area (Å²) in [6, 6.07) is 8.12. The summed E-state index contributed by atoms with van der Waals surface area (Å²) in [5.74, 6) is 1.10. The highest BCUT2D eigenvalue weighted by molar-refractivity contribution is 7.12. The van der Waals surface area contributed by atoms with Gasteiger partial charge in [0.15, 0.2) is 5.65 Å². The predicted octanol–water partition coefficient (Wildman–Crippen LogP) is 3.43. The molecule has 0 spiro atoms. The fraction of sp³-hybridized carbons (Fsp3) is 0.231. The summed E-state index contributed by atoms with van der Waals surface area (Å²) in [6.07, 6.45) is 3.90. The largest absolute Gasteiger partial charge is 0.271 e. The van der Waals surface area contributed by atoms with E-state index in [9.17, 15) is 0 Å². The molecule has 0 radical (unpaired) electrons. The number of hydrogen-bond donors (Lipinski definition) is 0. The van der Waals surface area contributed by atoms with Crippen LogP contribution in [0.25, 0.3) is 16.2 Å². The minimum atomic E-state index is 0.957. The molecule has 3 aromatic heterocycles. The second kappa shape index (κ2) is 4.30. The van der Waals surface area contributed by atoms with Crippen molar-refractivity contribution >= 4 is 22.5 Å². The van der Waals surface area contributed by atoms with Crippen LogP contribution in [0.5, 0.6) is 0 Å². The molecule has 86 valence electrons. The van der Waals surface area contributed by atoms with Crippen molar-refractivity contribution in [3.8, 4) is 5.00 Å². The quantitative estimate of drug-likeness (QED) is 0.705. The molecule has 0 atom stereocenters. The minimum Gasteiger partial charge on any atom is -0.271 e. The van der Waals surface area contributed by atoms with Crippen molar-refractivity contribution < 1.29 is 0 Å². The fourth-order valence-electron chi connectivity index (χ4n) is 1.98. The predicted molar refractivity (Wildman–Crippen MR) is 70.7 cm³/mol. The lowest BCUT2D eigenvalue weighted by Gasteiger charge is -2.04. The van der Waals surface area contributed by atoms with Crippen molar-refractivity contribution in [2.75, 3.05) is 0 Å². The number of thiophene rings is 1. The average Bonchev–Trinajstić information content (AvgIpc) is 2.94. The molecule has 3 heterocycles. The van der Waals surface area contributed by atoms with Gasteiger partial charge in [-0.05, 0) is 36.1 Å². The van der Waals surface area contributed by atoms with E-state index < -0.39 is 0 Å². The van der Waals surface area contributed by atoms with Crippen LogP contribution in [0.3, 0.4) is 0 Å². The molecule has 0 unspecified atom stereocenters. The van der Waals surface area contributed by atoms with Gasteiger partial charge in [0.2, 0.25) is 0 Å². The Labute approximate surface area is 104 Å². The molecule has 0 saturated heterocycles. The first kappa shape index (κ1) is 10.5. The Bertz CT molecular complexity index is 625. The van der Waals surface area contributed by atoms with Crippen LogP contribution in [0.4, 0.5) is 0 Å². The maximum absolute atomic E-state index is 4.67. The lowest BCUT2D eigenvalue weighted by molar-refractivity contribution is 0.820. The molecule has 0 aliphatic rings. The molecule has 0 fully saturated rings. The highest BCUT2D eigenvalue weighted by Gasteiger charge is 2.12. The van der Waals surface area contributed by atoms with Crippen LogP contribution in [0.2, 0.25) is 0 Å². The van der Waals surface area contributed by atoms with Crippen molar-refractivity contribution in [1.29, 1.82) is 0 Å². The molecule has 0 saturated carbocycles. The number of pyridine rings is 1. The third-order valence-electron chi connectivity index (χ3n) is 2.69. The van der Waals surface area contributed by atoms with Gasteiger partial charge < -0.3 is 0 Å². The molecule has 17 heavy (non-hydrogen) atoms. The smallest absolute Gasteiger partial charge is 0.165 e. The van der Waals surface area contributed by atoms with Crippen molar-refractivity contribution in [3.63, 3.8) is 0 Å². The molecule has 0 aliphatic carbocycles. The number of rotatable bonds is 3. The Balaban J connectivity index is 2.28. The number of fused-ring (bicyclic) bond motifs is 1. The zero-order valence-corrected chi connectivity index (χ0v) is 10.4. The zero-order chi connectivity index (χ0) is 11.7. The van der Waals surface area contributed by atoms with Crippen molar-refractivity contribution in [3.05, 3.63) is 41.7 Å². The maximum Gasteiger partial charge on any atom is 0.165 e. The number of nitrogens with zero attached hydrogens (tertiary/aromatic N) is 3. The zero-order valence-electron chi connectivity index (χ0n) is 9.63. The van der Waals surface area contributed by atoms with E-state index >= 15 is 0 Å². The Morgan fingerprint density at radius 1 is 1.29 bits per heavy atom. The molecule has 3 rings (SSSR count). The van der Waals surface area contributed by atoms with Crippen LogP contribution in [0.1, 0.15) is 19.2 Å². The molecule has 0 N–H and O–H groups in total. The van der Waals surface area contributed by atoms with Gasteiger partial charge in [-0.3, -0.25) is 4.57 Å². The van der Waals surface area contributed by atoms with Crippen LogP contribution < -0.4 is 0 Å². The standard InChI is InChI=1S/C13H13N3S/c1-2-5-11-15-10-6-3-8-14-13(10)16(11)12-7-4-9-17-12/h3-4,6-9H,2,5H2,1H3.